The van der Waals surface area contributed by atoms with Crippen LogP contribution in [-0.4, -0.2) is 20.9 Å². The number of hydrogen-bond acceptors (Lipinski definition) is 5. The first-order valence-electron chi connectivity index (χ1n) is 5.38. The Balaban J connectivity index is 1.96. The summed E-state index contributed by atoms with van der Waals surface area (Å²) in [6.07, 6.45) is 5.53. The van der Waals surface area contributed by atoms with Crippen molar-refractivity contribution in [2.75, 3.05) is 0 Å². The largest absolute Gasteiger partial charge is 0.344 e. The quantitative estimate of drug-likeness (QED) is 0.932. The maximum absolute atomic E-state index is 11.8. The second-order valence-corrected chi connectivity index (χ2v) is 5.07. The van der Waals surface area contributed by atoms with E-state index < -0.39 is 0 Å². The number of nitrogens with zero attached hydrogens (tertiary/aromatic N) is 3. The lowest BCUT2D eigenvalue weighted by Crippen LogP contribution is -2.23. The van der Waals surface area contributed by atoms with Gasteiger partial charge in [-0.1, -0.05) is 18.5 Å². The molecule has 0 aliphatic carbocycles. The zero-order valence-electron chi connectivity index (χ0n) is 9.68. The Bertz CT molecular complexity index is 557. The van der Waals surface area contributed by atoms with Crippen molar-refractivity contribution in [3.8, 4) is 0 Å². The van der Waals surface area contributed by atoms with Crippen LogP contribution < -0.4 is 5.32 Å². The summed E-state index contributed by atoms with van der Waals surface area (Å²) in [6.45, 7) is 2.45. The second kappa shape index (κ2) is 5.88. The van der Waals surface area contributed by atoms with Gasteiger partial charge >= 0.3 is 0 Å². The van der Waals surface area contributed by atoms with Crippen molar-refractivity contribution < 1.29 is 4.79 Å². The van der Waals surface area contributed by atoms with Crippen LogP contribution in [0.4, 0.5) is 0 Å². The van der Waals surface area contributed by atoms with Gasteiger partial charge in [0.15, 0.2) is 0 Å². The molecule has 94 valence electrons. The van der Waals surface area contributed by atoms with Crippen molar-refractivity contribution in [2.24, 2.45) is 0 Å². The fourth-order valence-electron chi connectivity index (χ4n) is 1.29. The Morgan fingerprint density at radius 2 is 2.28 bits per heavy atom. The third kappa shape index (κ3) is 3.24. The molecule has 0 radical (unpaired) electrons. The first-order chi connectivity index (χ1) is 8.69. The van der Waals surface area contributed by atoms with E-state index in [-0.39, 0.29) is 16.8 Å². The number of carbonyl (C=O) groups is 1. The number of aromatic nitrogens is 3. The monoisotopic (exact) mass is 282 g/mol. The van der Waals surface area contributed by atoms with Gasteiger partial charge in [0.25, 0.3) is 5.91 Å². The van der Waals surface area contributed by atoms with Gasteiger partial charge in [-0.3, -0.25) is 9.78 Å². The predicted molar refractivity (Wildman–Crippen MR) is 69.7 cm³/mol. The van der Waals surface area contributed by atoms with Crippen LogP contribution in [0.2, 0.25) is 5.15 Å². The van der Waals surface area contributed by atoms with Crippen molar-refractivity contribution in [2.45, 2.75) is 19.9 Å². The second-order valence-electron chi connectivity index (χ2n) is 3.48. The number of hydrogen-bond donors (Lipinski definition) is 1. The molecule has 1 N–H and O–H groups in total. The highest BCUT2D eigenvalue weighted by atomic mass is 35.5. The van der Waals surface area contributed by atoms with Crippen LogP contribution in [0.1, 0.15) is 27.3 Å². The molecule has 1 amide bonds. The maximum atomic E-state index is 11.8. The highest BCUT2D eigenvalue weighted by Crippen LogP contribution is 2.13. The van der Waals surface area contributed by atoms with E-state index in [1.807, 2.05) is 6.20 Å². The highest BCUT2D eigenvalue weighted by Gasteiger charge is 2.09. The molecule has 7 heteroatoms. The summed E-state index contributed by atoms with van der Waals surface area (Å²) in [4.78, 5) is 24.8. The molecule has 0 saturated carbocycles. The minimum atomic E-state index is -0.307. The molecule has 0 unspecified atom stereocenters. The molecule has 2 aromatic heterocycles. The zero-order chi connectivity index (χ0) is 13.0. The fourth-order valence-corrected chi connectivity index (χ4v) is 2.24. The van der Waals surface area contributed by atoms with Gasteiger partial charge in [0.1, 0.15) is 15.9 Å². The number of carbonyl (C=O) groups excluding carboxylic acids is 1. The van der Waals surface area contributed by atoms with Gasteiger partial charge < -0.3 is 5.32 Å². The van der Waals surface area contributed by atoms with E-state index in [9.17, 15) is 4.79 Å². The lowest BCUT2D eigenvalue weighted by molar-refractivity contribution is 0.0945. The van der Waals surface area contributed by atoms with Gasteiger partial charge in [-0.15, -0.1) is 11.3 Å². The highest BCUT2D eigenvalue weighted by molar-refractivity contribution is 7.11. The van der Waals surface area contributed by atoms with Crippen molar-refractivity contribution in [3.05, 3.63) is 39.3 Å². The van der Waals surface area contributed by atoms with Crippen molar-refractivity contribution in [1.82, 2.24) is 20.3 Å². The number of nitrogens with one attached hydrogen (secondary N) is 1. The molecule has 0 atom stereocenters. The lowest BCUT2D eigenvalue weighted by atomic mass is 10.4. The van der Waals surface area contributed by atoms with Gasteiger partial charge in [0, 0.05) is 11.1 Å². The average molecular weight is 283 g/mol. The molecule has 5 nitrogen and oxygen atoms in total. The molecule has 0 aliphatic heterocycles. The van der Waals surface area contributed by atoms with E-state index in [1.165, 1.54) is 17.3 Å². The first kappa shape index (κ1) is 12.9. The Morgan fingerprint density at radius 1 is 1.44 bits per heavy atom. The Labute approximate surface area is 113 Å². The van der Waals surface area contributed by atoms with Gasteiger partial charge in [0.05, 0.1) is 18.9 Å². The SMILES string of the molecule is CCc1cnc(CNC(=O)c2cncc(Cl)n2)s1. The summed E-state index contributed by atoms with van der Waals surface area (Å²) in [5.74, 6) is -0.307. The van der Waals surface area contributed by atoms with E-state index in [4.69, 9.17) is 11.6 Å². The Hall–Kier alpha value is -1.53. The summed E-state index contributed by atoms with van der Waals surface area (Å²) in [7, 11) is 0. The molecule has 2 heterocycles. The zero-order valence-corrected chi connectivity index (χ0v) is 11.3. The maximum Gasteiger partial charge on any atom is 0.271 e. The van der Waals surface area contributed by atoms with E-state index in [2.05, 4.69) is 27.2 Å². The molecule has 0 aliphatic rings. The topological polar surface area (TPSA) is 67.8 Å². The molecule has 0 aromatic carbocycles. The predicted octanol–water partition coefficient (Wildman–Crippen LogP) is 2.08. The number of aryl methyl sites for hydroxylation is 1. The minimum Gasteiger partial charge on any atom is -0.344 e. The molecule has 0 fully saturated rings. The Morgan fingerprint density at radius 3 is 2.94 bits per heavy atom. The van der Waals surface area contributed by atoms with Crippen LogP contribution in [0.15, 0.2) is 18.6 Å². The van der Waals surface area contributed by atoms with Crippen molar-refractivity contribution in [3.63, 3.8) is 0 Å². The first-order valence-corrected chi connectivity index (χ1v) is 6.58. The van der Waals surface area contributed by atoms with Crippen LogP contribution in [0, 0.1) is 0 Å². The molecule has 2 aromatic rings. The normalized spacial score (nSPS) is 10.3. The fraction of sp³-hybridized carbons (Fsp3) is 0.273. The van der Waals surface area contributed by atoms with E-state index in [1.54, 1.807) is 11.3 Å². The molecule has 0 bridgehead atoms. The van der Waals surface area contributed by atoms with Gasteiger partial charge in [-0.25, -0.2) is 9.97 Å². The van der Waals surface area contributed by atoms with Crippen LogP contribution in [0.25, 0.3) is 0 Å². The summed E-state index contributed by atoms with van der Waals surface area (Å²) in [6, 6.07) is 0. The molecule has 18 heavy (non-hydrogen) atoms. The van der Waals surface area contributed by atoms with Gasteiger partial charge in [-0.05, 0) is 6.42 Å². The Kier molecular flexibility index (Phi) is 4.22. The third-order valence-electron chi connectivity index (χ3n) is 2.19. The van der Waals surface area contributed by atoms with E-state index in [0.29, 0.717) is 6.54 Å². The van der Waals surface area contributed by atoms with Crippen LogP contribution >= 0.6 is 22.9 Å². The summed E-state index contributed by atoms with van der Waals surface area (Å²) >= 11 is 7.25. The molecule has 0 spiro atoms. The summed E-state index contributed by atoms with van der Waals surface area (Å²) in [5.41, 5.74) is 0.203. The van der Waals surface area contributed by atoms with Crippen LogP contribution in [-0.2, 0) is 13.0 Å². The summed E-state index contributed by atoms with van der Waals surface area (Å²) < 4.78 is 0. The van der Waals surface area contributed by atoms with E-state index in [0.717, 1.165) is 11.4 Å². The molecule has 0 saturated heterocycles. The number of rotatable bonds is 4. The van der Waals surface area contributed by atoms with E-state index >= 15 is 0 Å². The standard InChI is InChI=1S/C11H11ClN4OS/c1-2-7-3-14-10(18-7)6-15-11(17)8-4-13-5-9(12)16-8/h3-5H,2,6H2,1H3,(H,15,17). The number of amides is 1. The van der Waals surface area contributed by atoms with Gasteiger partial charge in [0.2, 0.25) is 0 Å². The average Bonchev–Trinajstić information content (AvgIpc) is 2.84. The lowest BCUT2D eigenvalue weighted by Gasteiger charge is -2.01. The molecule has 2 rings (SSSR count). The smallest absolute Gasteiger partial charge is 0.271 e. The molecular formula is C11H11ClN4OS. The number of thiazole rings is 1. The summed E-state index contributed by atoms with van der Waals surface area (Å²) in [5, 5.41) is 3.80. The number of halogens is 1. The molecular weight excluding hydrogens is 272 g/mol. The minimum absolute atomic E-state index is 0.199. The van der Waals surface area contributed by atoms with Crippen LogP contribution in [0.3, 0.4) is 0 Å². The van der Waals surface area contributed by atoms with Gasteiger partial charge in [-0.2, -0.15) is 0 Å². The third-order valence-corrected chi connectivity index (χ3v) is 3.51. The van der Waals surface area contributed by atoms with Crippen molar-refractivity contribution >= 4 is 28.8 Å². The van der Waals surface area contributed by atoms with Crippen LogP contribution in [0.5, 0.6) is 0 Å². The van der Waals surface area contributed by atoms with Crippen molar-refractivity contribution in [1.29, 1.82) is 0 Å².